The Morgan fingerprint density at radius 1 is 0.400 bits per heavy atom. The van der Waals surface area contributed by atoms with Crippen molar-refractivity contribution in [1.29, 1.82) is 0 Å². The molecule has 222 valence electrons. The van der Waals surface area contributed by atoms with Crippen molar-refractivity contribution < 1.29 is 31.1 Å². The van der Waals surface area contributed by atoms with Gasteiger partial charge in [0.25, 0.3) is 0 Å². The zero-order valence-electron chi connectivity index (χ0n) is 23.4. The minimum absolute atomic E-state index is 0.350. The smallest absolute Gasteiger partial charge is 0.406 e. The minimum Gasteiger partial charge on any atom is -0.406 e. The van der Waals surface area contributed by atoms with Crippen LogP contribution in [0.25, 0.3) is 65.7 Å². The highest BCUT2D eigenvalue weighted by molar-refractivity contribution is 6.22. The average molecular weight is 609 g/mol. The first-order valence-corrected chi connectivity index (χ1v) is 14.1. The first-order valence-electron chi connectivity index (χ1n) is 14.1. The van der Waals surface area contributed by atoms with Crippen molar-refractivity contribution in [1.82, 2.24) is 0 Å². The van der Waals surface area contributed by atoms with Crippen molar-refractivity contribution in [3.8, 4) is 39.1 Å². The first kappa shape index (κ1) is 28.5. The van der Waals surface area contributed by atoms with Gasteiger partial charge in [0, 0.05) is 0 Å². The molecule has 7 heteroatoms. The van der Waals surface area contributed by atoms with Crippen LogP contribution in [0.2, 0.25) is 0 Å². The predicted octanol–water partition coefficient (Wildman–Crippen LogP) is 12.1. The number of fused-ring (bicyclic) bond motifs is 3. The molecule has 0 amide bonds. The molecule has 0 aliphatic carbocycles. The first-order chi connectivity index (χ1) is 21.5. The molecule has 0 saturated carbocycles. The molecule has 0 heterocycles. The standard InChI is InChI=1S/C38H22F6O/c39-37(40,41)29-9-5-8-26(21-29)27-16-19-33-34(22-27)35(24-14-17-30(18-15-24)45-38(42,43)44)31-10-3-4-11-32(31)36(33)28-13-12-23-6-1-2-7-25(23)20-28/h1-22H. The molecule has 0 saturated heterocycles. The van der Waals surface area contributed by atoms with Gasteiger partial charge >= 0.3 is 12.5 Å². The van der Waals surface area contributed by atoms with Gasteiger partial charge in [0.15, 0.2) is 0 Å². The molecule has 0 aliphatic heterocycles. The summed E-state index contributed by atoms with van der Waals surface area (Å²) in [5, 5.41) is 5.51. The van der Waals surface area contributed by atoms with Crippen LogP contribution in [0, 0.1) is 0 Å². The molecule has 0 radical (unpaired) electrons. The lowest BCUT2D eigenvalue weighted by atomic mass is 9.84. The summed E-state index contributed by atoms with van der Waals surface area (Å²) in [5.74, 6) is -0.350. The van der Waals surface area contributed by atoms with Gasteiger partial charge in [0.05, 0.1) is 5.56 Å². The largest absolute Gasteiger partial charge is 0.573 e. The van der Waals surface area contributed by atoms with Gasteiger partial charge in [0.2, 0.25) is 0 Å². The van der Waals surface area contributed by atoms with Gasteiger partial charge in [-0.25, -0.2) is 0 Å². The number of hydrogen-bond donors (Lipinski definition) is 0. The van der Waals surface area contributed by atoms with E-state index in [1.165, 1.54) is 18.2 Å². The van der Waals surface area contributed by atoms with E-state index in [2.05, 4.69) is 16.9 Å². The van der Waals surface area contributed by atoms with E-state index < -0.39 is 18.1 Å². The summed E-state index contributed by atoms with van der Waals surface area (Å²) in [6.45, 7) is 0. The number of benzene rings is 7. The van der Waals surface area contributed by atoms with E-state index in [0.29, 0.717) is 16.7 Å². The summed E-state index contributed by atoms with van der Waals surface area (Å²) in [5.41, 5.74) is 3.51. The second-order valence-electron chi connectivity index (χ2n) is 10.8. The zero-order valence-corrected chi connectivity index (χ0v) is 23.4. The summed E-state index contributed by atoms with van der Waals surface area (Å²) in [4.78, 5) is 0. The quantitative estimate of drug-likeness (QED) is 0.143. The lowest BCUT2D eigenvalue weighted by Crippen LogP contribution is -2.16. The van der Waals surface area contributed by atoms with Crippen LogP contribution in [0.5, 0.6) is 5.75 Å². The monoisotopic (exact) mass is 608 g/mol. The Hall–Kier alpha value is -5.30. The Morgan fingerprint density at radius 3 is 1.67 bits per heavy atom. The van der Waals surface area contributed by atoms with Crippen LogP contribution in [0.1, 0.15) is 5.56 Å². The lowest BCUT2D eigenvalue weighted by molar-refractivity contribution is -0.274. The second-order valence-corrected chi connectivity index (χ2v) is 10.8. The molecule has 7 aromatic carbocycles. The SMILES string of the molecule is FC(F)(F)Oc1ccc(-c2c3ccccc3c(-c3ccc4ccccc4c3)c3ccc(-c4cccc(C(F)(F)F)c4)cc23)cc1. The van der Waals surface area contributed by atoms with Crippen molar-refractivity contribution in [2.75, 3.05) is 0 Å². The van der Waals surface area contributed by atoms with Crippen molar-refractivity contribution in [2.24, 2.45) is 0 Å². The Morgan fingerprint density at radius 2 is 0.978 bits per heavy atom. The Labute approximate surface area is 253 Å². The molecule has 0 atom stereocenters. The number of hydrogen-bond acceptors (Lipinski definition) is 1. The maximum atomic E-state index is 13.6. The molecule has 0 bridgehead atoms. The second kappa shape index (κ2) is 10.7. The molecule has 0 aromatic heterocycles. The lowest BCUT2D eigenvalue weighted by Gasteiger charge is -2.19. The van der Waals surface area contributed by atoms with E-state index >= 15 is 0 Å². The zero-order chi connectivity index (χ0) is 31.3. The molecule has 1 nitrogen and oxygen atoms in total. The van der Waals surface area contributed by atoms with Gasteiger partial charge in [-0.3, -0.25) is 0 Å². The van der Waals surface area contributed by atoms with Gasteiger partial charge in [-0.05, 0) is 102 Å². The highest BCUT2D eigenvalue weighted by atomic mass is 19.4. The van der Waals surface area contributed by atoms with Crippen LogP contribution in [0.15, 0.2) is 133 Å². The van der Waals surface area contributed by atoms with E-state index in [1.807, 2.05) is 66.7 Å². The summed E-state index contributed by atoms with van der Waals surface area (Å²) in [7, 11) is 0. The maximum absolute atomic E-state index is 13.6. The number of halogens is 6. The molecule has 0 aliphatic rings. The van der Waals surface area contributed by atoms with Gasteiger partial charge in [-0.15, -0.1) is 13.2 Å². The summed E-state index contributed by atoms with van der Waals surface area (Å²) < 4.78 is 83.6. The fraction of sp³-hybridized carbons (Fsp3) is 0.0526. The third-order valence-electron chi connectivity index (χ3n) is 7.96. The van der Waals surface area contributed by atoms with E-state index in [-0.39, 0.29) is 5.75 Å². The van der Waals surface area contributed by atoms with Crippen molar-refractivity contribution >= 4 is 32.3 Å². The Kier molecular flexibility index (Phi) is 6.77. The van der Waals surface area contributed by atoms with Crippen LogP contribution in [0.4, 0.5) is 26.3 Å². The molecule has 0 N–H and O–H groups in total. The molecule has 7 rings (SSSR count). The van der Waals surface area contributed by atoms with E-state index in [4.69, 9.17) is 0 Å². The molecule has 0 fully saturated rings. The highest BCUT2D eigenvalue weighted by Crippen LogP contribution is 2.46. The average Bonchev–Trinajstić information content (AvgIpc) is 3.02. The van der Waals surface area contributed by atoms with Gasteiger partial charge in [-0.1, -0.05) is 97.1 Å². The fourth-order valence-corrected chi connectivity index (χ4v) is 6.02. The van der Waals surface area contributed by atoms with E-state index in [0.717, 1.165) is 61.1 Å². The molecule has 0 unspecified atom stereocenters. The van der Waals surface area contributed by atoms with Crippen LogP contribution in [-0.4, -0.2) is 6.36 Å². The predicted molar refractivity (Wildman–Crippen MR) is 167 cm³/mol. The topological polar surface area (TPSA) is 9.23 Å². The van der Waals surface area contributed by atoms with Crippen molar-refractivity contribution in [3.63, 3.8) is 0 Å². The number of alkyl halides is 6. The van der Waals surface area contributed by atoms with Crippen LogP contribution >= 0.6 is 0 Å². The third-order valence-corrected chi connectivity index (χ3v) is 7.96. The Bertz CT molecular complexity index is 2210. The fourth-order valence-electron chi connectivity index (χ4n) is 6.02. The van der Waals surface area contributed by atoms with Crippen LogP contribution < -0.4 is 4.74 Å². The van der Waals surface area contributed by atoms with Gasteiger partial charge in [0.1, 0.15) is 5.75 Å². The number of rotatable bonds is 4. The van der Waals surface area contributed by atoms with Crippen LogP contribution in [-0.2, 0) is 6.18 Å². The maximum Gasteiger partial charge on any atom is 0.573 e. The normalized spacial score (nSPS) is 12.2. The number of ether oxygens (including phenoxy) is 1. The molecule has 7 aromatic rings. The minimum atomic E-state index is -4.83. The summed E-state index contributed by atoms with van der Waals surface area (Å²) in [6.07, 6.45) is -9.33. The van der Waals surface area contributed by atoms with Gasteiger partial charge < -0.3 is 4.74 Å². The van der Waals surface area contributed by atoms with Crippen LogP contribution in [0.3, 0.4) is 0 Å². The van der Waals surface area contributed by atoms with Crippen molar-refractivity contribution in [2.45, 2.75) is 12.5 Å². The van der Waals surface area contributed by atoms with E-state index in [1.54, 1.807) is 24.3 Å². The summed E-state index contributed by atoms with van der Waals surface area (Å²) >= 11 is 0. The van der Waals surface area contributed by atoms with Gasteiger partial charge in [-0.2, -0.15) is 13.2 Å². The molecular formula is C38H22F6O. The highest BCUT2D eigenvalue weighted by Gasteiger charge is 2.31. The van der Waals surface area contributed by atoms with Crippen molar-refractivity contribution in [3.05, 3.63) is 139 Å². The molecule has 0 spiro atoms. The third kappa shape index (κ3) is 5.46. The molecule has 45 heavy (non-hydrogen) atoms. The molecular weight excluding hydrogens is 586 g/mol. The Balaban J connectivity index is 1.53. The summed E-state index contributed by atoms with van der Waals surface area (Å²) in [6, 6.07) is 38.4. The van der Waals surface area contributed by atoms with E-state index in [9.17, 15) is 26.3 Å².